The SMILES string of the molecule is COc1cc2c(cc1OC(=O)Cc1cc(=O)oc3cc(N(C)C)ccc13)CCN[C@]21CS[C@@H]2c3c(OC(C)=O)c(C)c4c(c3[C@H](COC1=O)N1C2[C@H]2c3c(cc(C)c(OC)c3O)C[C@@H]([C@@H]1C#N)N2C)OCO4. The minimum absolute atomic E-state index is 0.00850. The Morgan fingerprint density at radius 2 is 1.76 bits per heavy atom. The Morgan fingerprint density at radius 3 is 2.50 bits per heavy atom. The number of esters is 3. The monoisotopic (exact) mass is 999 g/mol. The first kappa shape index (κ1) is 47.4. The molecule has 18 nitrogen and oxygen atoms in total. The van der Waals surface area contributed by atoms with Crippen LogP contribution in [0.2, 0.25) is 0 Å². The number of phenolic OH excluding ortho intramolecular Hbond substituents is 1. The second kappa shape index (κ2) is 17.7. The molecule has 12 rings (SSSR count). The Bertz CT molecular complexity index is 3260. The maximum absolute atomic E-state index is 15.3. The van der Waals surface area contributed by atoms with Crippen LogP contribution in [0, 0.1) is 25.2 Å². The van der Waals surface area contributed by atoms with E-state index in [1.54, 1.807) is 24.3 Å². The number of ether oxygens (including phenoxy) is 7. The van der Waals surface area contributed by atoms with Crippen molar-refractivity contribution >= 4 is 46.3 Å². The molecule has 7 aliphatic rings. The third kappa shape index (κ3) is 7.16. The molecule has 7 aliphatic heterocycles. The van der Waals surface area contributed by atoms with Gasteiger partial charge in [-0.3, -0.25) is 24.7 Å². The average Bonchev–Trinajstić information content (AvgIpc) is 3.84. The van der Waals surface area contributed by atoms with Crippen molar-refractivity contribution in [3.8, 4) is 46.3 Å². The summed E-state index contributed by atoms with van der Waals surface area (Å²) in [7, 11) is 8.69. The van der Waals surface area contributed by atoms with E-state index in [4.69, 9.17) is 37.6 Å². The molecule has 2 N–H and O–H groups in total. The number of nitrogens with one attached hydrogen (secondary N) is 1. The van der Waals surface area contributed by atoms with Crippen molar-refractivity contribution in [3.05, 3.63) is 103 Å². The van der Waals surface area contributed by atoms with Gasteiger partial charge in [0.2, 0.25) is 6.79 Å². The van der Waals surface area contributed by atoms with Crippen molar-refractivity contribution in [2.75, 3.05) is 66.0 Å². The highest BCUT2D eigenvalue weighted by Gasteiger charge is 2.62. The van der Waals surface area contributed by atoms with E-state index in [2.05, 4.69) is 21.2 Å². The van der Waals surface area contributed by atoms with E-state index in [0.717, 1.165) is 16.8 Å². The number of phenols is 1. The summed E-state index contributed by atoms with van der Waals surface area (Å²) in [5, 5.41) is 27.0. The van der Waals surface area contributed by atoms with Crippen LogP contribution in [0.5, 0.6) is 40.2 Å². The zero-order chi connectivity index (χ0) is 50.7. The number of aryl methyl sites for hydroxylation is 1. The predicted molar refractivity (Wildman–Crippen MR) is 262 cm³/mol. The van der Waals surface area contributed by atoms with E-state index in [1.807, 2.05) is 52.0 Å². The molecule has 72 heavy (non-hydrogen) atoms. The third-order valence-corrected chi connectivity index (χ3v) is 16.8. The number of benzene rings is 4. The highest BCUT2D eigenvalue weighted by atomic mass is 32.2. The maximum atomic E-state index is 15.3. The van der Waals surface area contributed by atoms with Crippen molar-refractivity contribution in [2.45, 2.75) is 81.0 Å². The van der Waals surface area contributed by atoms with Gasteiger partial charge in [0.25, 0.3) is 0 Å². The van der Waals surface area contributed by atoms with Gasteiger partial charge >= 0.3 is 23.5 Å². The molecule has 2 fully saturated rings. The van der Waals surface area contributed by atoms with Crippen LogP contribution in [0.3, 0.4) is 0 Å². The van der Waals surface area contributed by atoms with Crippen LogP contribution >= 0.6 is 11.8 Å². The number of nitrogens with zero attached hydrogens (tertiary/aromatic N) is 4. The number of carbonyl (C=O) groups is 3. The summed E-state index contributed by atoms with van der Waals surface area (Å²) < 4.78 is 48.4. The molecule has 2 saturated heterocycles. The van der Waals surface area contributed by atoms with Crippen molar-refractivity contribution in [2.24, 2.45) is 0 Å². The molecule has 7 atom stereocenters. The largest absolute Gasteiger partial charge is 0.504 e. The van der Waals surface area contributed by atoms with Crippen LogP contribution < -0.4 is 44.3 Å². The molecule has 0 saturated carbocycles. The van der Waals surface area contributed by atoms with Crippen LogP contribution in [0.25, 0.3) is 11.0 Å². The summed E-state index contributed by atoms with van der Waals surface area (Å²) >= 11 is 1.44. The predicted octanol–water partition coefficient (Wildman–Crippen LogP) is 5.60. The molecule has 374 valence electrons. The first-order valence-electron chi connectivity index (χ1n) is 23.7. The van der Waals surface area contributed by atoms with Crippen molar-refractivity contribution < 1.29 is 57.1 Å². The number of hydrogen-bond donors (Lipinski definition) is 2. The number of thioether (sulfide) groups is 1. The topological polar surface area (TPSA) is 212 Å². The fourth-order valence-corrected chi connectivity index (χ4v) is 13.9. The number of methoxy groups -OCH3 is 2. The highest BCUT2D eigenvalue weighted by molar-refractivity contribution is 7.99. The summed E-state index contributed by atoms with van der Waals surface area (Å²) in [4.78, 5) is 61.1. The lowest BCUT2D eigenvalue weighted by atomic mass is 9.71. The summed E-state index contributed by atoms with van der Waals surface area (Å²) in [6.45, 7) is 5.03. The number of aromatic hydroxyl groups is 1. The van der Waals surface area contributed by atoms with E-state index in [9.17, 15) is 24.8 Å². The highest BCUT2D eigenvalue weighted by Crippen LogP contribution is 2.64. The van der Waals surface area contributed by atoms with E-state index < -0.39 is 58.5 Å². The Balaban J connectivity index is 1.04. The van der Waals surface area contributed by atoms with Crippen molar-refractivity contribution in [3.63, 3.8) is 0 Å². The minimum Gasteiger partial charge on any atom is -0.504 e. The molecule has 1 spiro atoms. The van der Waals surface area contributed by atoms with Gasteiger partial charge in [0.05, 0.1) is 44.0 Å². The summed E-state index contributed by atoms with van der Waals surface area (Å²) in [5.41, 5.74) is 4.87. The summed E-state index contributed by atoms with van der Waals surface area (Å²) in [6, 6.07) is 11.7. The van der Waals surface area contributed by atoms with Crippen LogP contribution in [0.1, 0.15) is 74.3 Å². The second-order valence-electron chi connectivity index (χ2n) is 19.4. The molecule has 0 aliphatic carbocycles. The number of rotatable bonds is 7. The average molecular weight is 1000 g/mol. The van der Waals surface area contributed by atoms with E-state index in [-0.39, 0.29) is 54.6 Å². The lowest BCUT2D eigenvalue weighted by Gasteiger charge is -2.62. The standard InChI is InChI=1S/C53H53N5O13S/c1-24-13-29-14-33-34(20-54)58-35-21-66-52(63)53(32-19-37(64-7)38(15-27(32)11-12-55-53)71-40(61)17-28-16-39(60)70-36-18-30(56(4)5)9-10-31(28)36)22-72-51(45(58)44(57(33)6)41(29)46(62)47(24)65-8)43-42(35)50-49(67-23-68-50)25(2)48(43)69-26(3)59/h9-10,13,15-16,18-19,33-35,44-45,51,55,62H,11-12,14,17,21-23H2,1-8H3/t33-,34-,35-,44+,45?,51+,53+/m0/s1. The number of nitriles is 1. The first-order chi connectivity index (χ1) is 34.6. The first-order valence-corrected chi connectivity index (χ1v) is 24.8. The number of carbonyl (C=O) groups excluding carboxylic acids is 3. The zero-order valence-corrected chi connectivity index (χ0v) is 41.8. The smallest absolute Gasteiger partial charge is 0.336 e. The summed E-state index contributed by atoms with van der Waals surface area (Å²) in [6.07, 6.45) is 0.654. The number of hydrogen-bond acceptors (Lipinski definition) is 19. The molecule has 8 heterocycles. The van der Waals surface area contributed by atoms with Crippen LogP contribution in [-0.2, 0) is 43.9 Å². The normalized spacial score (nSPS) is 24.8. The summed E-state index contributed by atoms with van der Waals surface area (Å²) in [5.74, 6) is 0.0639. The molecule has 19 heteroatoms. The Kier molecular flexibility index (Phi) is 11.6. The number of likely N-dealkylation sites (N-methyl/N-ethyl adjacent to an activating group) is 1. The minimum atomic E-state index is -1.50. The molecule has 1 unspecified atom stereocenters. The molecule has 0 radical (unpaired) electrons. The molecule has 4 aromatic carbocycles. The quantitative estimate of drug-likeness (QED) is 0.115. The van der Waals surface area contributed by atoms with E-state index >= 15 is 4.79 Å². The van der Waals surface area contributed by atoms with Crippen LogP contribution in [0.15, 0.2) is 51.7 Å². The fraction of sp³-hybridized carbons (Fsp3) is 0.415. The van der Waals surface area contributed by atoms with Gasteiger partial charge < -0.3 is 47.6 Å². The van der Waals surface area contributed by atoms with Gasteiger partial charge in [0.15, 0.2) is 40.0 Å². The number of anilines is 1. The molecular formula is C53H53N5O13S. The molecule has 1 aromatic heterocycles. The Morgan fingerprint density at radius 1 is 0.972 bits per heavy atom. The number of fused-ring (bicyclic) bond motifs is 10. The van der Waals surface area contributed by atoms with Gasteiger partial charge in [-0.2, -0.15) is 5.26 Å². The molecule has 5 aromatic rings. The van der Waals surface area contributed by atoms with Crippen LogP contribution in [-0.4, -0.2) is 112 Å². The molecular weight excluding hydrogens is 947 g/mol. The lowest BCUT2D eigenvalue weighted by molar-refractivity contribution is -0.157. The Labute approximate surface area is 418 Å². The van der Waals surface area contributed by atoms with Gasteiger partial charge in [-0.05, 0) is 85.8 Å². The zero-order valence-electron chi connectivity index (χ0n) is 41.0. The molecule has 4 bridgehead atoms. The third-order valence-electron chi connectivity index (χ3n) is 15.3. The lowest BCUT2D eigenvalue weighted by Crippen LogP contribution is -2.69. The second-order valence-corrected chi connectivity index (χ2v) is 20.5. The van der Waals surface area contributed by atoms with Gasteiger partial charge in [-0.25, -0.2) is 9.59 Å². The maximum Gasteiger partial charge on any atom is 0.336 e. The fourth-order valence-electron chi connectivity index (χ4n) is 12.2. The van der Waals surface area contributed by atoms with Crippen molar-refractivity contribution in [1.82, 2.24) is 15.1 Å². The number of piperazine rings is 1. The van der Waals surface area contributed by atoms with E-state index in [1.165, 1.54) is 39.0 Å². The molecule has 0 amide bonds. The van der Waals surface area contributed by atoms with Gasteiger partial charge in [0, 0.05) is 90.9 Å². The van der Waals surface area contributed by atoms with Crippen molar-refractivity contribution in [1.29, 1.82) is 5.26 Å². The van der Waals surface area contributed by atoms with Gasteiger partial charge in [-0.1, -0.05) is 6.07 Å². The van der Waals surface area contributed by atoms with Gasteiger partial charge in [-0.15, -0.1) is 11.8 Å². The van der Waals surface area contributed by atoms with Gasteiger partial charge in [0.1, 0.15) is 24.0 Å². The van der Waals surface area contributed by atoms with Crippen LogP contribution in [0.4, 0.5) is 5.69 Å². The van der Waals surface area contributed by atoms with E-state index in [0.29, 0.717) is 86.5 Å². The Hall–Kier alpha value is -6.98.